The Balaban J connectivity index is 1.69. The smallest absolute Gasteiger partial charge is 0.128 e. The van der Waals surface area contributed by atoms with Crippen molar-refractivity contribution >= 4 is 12.4 Å². The van der Waals surface area contributed by atoms with E-state index in [0.29, 0.717) is 42.4 Å². The lowest BCUT2D eigenvalue weighted by molar-refractivity contribution is 0.302. The quantitative estimate of drug-likeness (QED) is 0.0636. The first-order valence-electron chi connectivity index (χ1n) is 19.9. The topological polar surface area (TPSA) is 83.6 Å². The number of hydrogen-bond donors (Lipinski definition) is 2. The second-order valence-electron chi connectivity index (χ2n) is 14.1. The molecule has 49 heavy (non-hydrogen) atoms. The molecule has 2 N–H and O–H groups in total. The van der Waals surface area contributed by atoms with E-state index in [1.807, 2.05) is 24.3 Å². The van der Waals surface area contributed by atoms with E-state index in [1.54, 1.807) is 24.6 Å². The van der Waals surface area contributed by atoms with Gasteiger partial charge in [0.15, 0.2) is 0 Å². The summed E-state index contributed by atoms with van der Waals surface area (Å²) in [6.07, 6.45) is 29.3. The number of nitrogens with zero attached hydrogens (tertiary/aromatic N) is 2. The summed E-state index contributed by atoms with van der Waals surface area (Å²) in [5.74, 6) is 1.95. The van der Waals surface area contributed by atoms with E-state index in [-0.39, 0.29) is 23.5 Å². The third kappa shape index (κ3) is 20.3. The Kier molecular flexibility index (Phi) is 23.9. The Bertz CT molecular complexity index is 1160. The Morgan fingerprint density at radius 2 is 0.939 bits per heavy atom. The molecular weight excluding hydrogens is 608 g/mol. The van der Waals surface area contributed by atoms with Crippen LogP contribution in [0.3, 0.4) is 0 Å². The minimum Gasteiger partial charge on any atom is -0.507 e. The van der Waals surface area contributed by atoms with Gasteiger partial charge in [0.1, 0.15) is 23.0 Å². The van der Waals surface area contributed by atoms with Gasteiger partial charge in [-0.2, -0.15) is 0 Å². The van der Waals surface area contributed by atoms with Crippen LogP contribution < -0.4 is 9.47 Å². The molecule has 0 saturated carbocycles. The van der Waals surface area contributed by atoms with Crippen LogP contribution in [0.5, 0.6) is 23.0 Å². The second kappa shape index (κ2) is 27.8. The van der Waals surface area contributed by atoms with Gasteiger partial charge in [-0.15, -0.1) is 0 Å². The molecule has 0 radical (unpaired) electrons. The highest BCUT2D eigenvalue weighted by atomic mass is 16.5. The van der Waals surface area contributed by atoms with Crippen molar-refractivity contribution in [3.8, 4) is 23.0 Å². The molecule has 0 aliphatic carbocycles. The molecule has 6 nitrogen and oxygen atoms in total. The van der Waals surface area contributed by atoms with Crippen LogP contribution >= 0.6 is 0 Å². The van der Waals surface area contributed by atoms with Crippen LogP contribution in [0.2, 0.25) is 0 Å². The van der Waals surface area contributed by atoms with Crippen molar-refractivity contribution in [1.29, 1.82) is 0 Å². The third-order valence-corrected chi connectivity index (χ3v) is 9.23. The first-order valence-corrected chi connectivity index (χ1v) is 19.9. The van der Waals surface area contributed by atoms with Crippen LogP contribution in [0.25, 0.3) is 0 Å². The maximum Gasteiger partial charge on any atom is 0.128 e. The van der Waals surface area contributed by atoms with Gasteiger partial charge in [-0.05, 0) is 43.0 Å². The number of rotatable bonds is 30. The molecule has 0 saturated heterocycles. The number of phenolic OH excluding ortho intramolecular Hbond substituents is 2. The fraction of sp³-hybridized carbons (Fsp3) is 0.674. The molecule has 0 aromatic heterocycles. The van der Waals surface area contributed by atoms with Gasteiger partial charge in [0, 0.05) is 35.7 Å². The molecule has 2 aromatic rings. The summed E-state index contributed by atoms with van der Waals surface area (Å²) >= 11 is 0. The highest BCUT2D eigenvalue weighted by Gasteiger charge is 2.11. The monoisotopic (exact) mass is 679 g/mol. The second-order valence-corrected chi connectivity index (χ2v) is 14.1. The highest BCUT2D eigenvalue weighted by Crippen LogP contribution is 2.25. The molecule has 0 aliphatic heterocycles. The Hall–Kier alpha value is -3.02. The Labute approximate surface area is 299 Å². The maximum atomic E-state index is 10.6. The zero-order chi connectivity index (χ0) is 35.4. The molecular formula is C43H70N2O4. The third-order valence-electron chi connectivity index (χ3n) is 9.23. The SMILES string of the molecule is CCCCCCCCCCCCOc1ccc(C=NC[C@@H](N=Cc2ccc(OCCCCCCCCCCCC)cc2O)C(C)C)c(O)c1. The zero-order valence-electron chi connectivity index (χ0n) is 31.6. The lowest BCUT2D eigenvalue weighted by Gasteiger charge is -2.14. The summed E-state index contributed by atoms with van der Waals surface area (Å²) in [6.45, 7) is 10.6. The van der Waals surface area contributed by atoms with Crippen molar-refractivity contribution in [1.82, 2.24) is 0 Å². The van der Waals surface area contributed by atoms with Gasteiger partial charge in [-0.1, -0.05) is 143 Å². The van der Waals surface area contributed by atoms with Gasteiger partial charge in [0.05, 0.1) is 25.8 Å². The largest absolute Gasteiger partial charge is 0.507 e. The number of hydrogen-bond acceptors (Lipinski definition) is 6. The average Bonchev–Trinajstić information content (AvgIpc) is 3.09. The molecule has 0 amide bonds. The van der Waals surface area contributed by atoms with E-state index in [0.717, 1.165) is 12.8 Å². The predicted molar refractivity (Wildman–Crippen MR) is 210 cm³/mol. The van der Waals surface area contributed by atoms with E-state index in [4.69, 9.17) is 14.5 Å². The van der Waals surface area contributed by atoms with Gasteiger partial charge < -0.3 is 19.7 Å². The van der Waals surface area contributed by atoms with Crippen LogP contribution in [0.15, 0.2) is 46.4 Å². The molecule has 276 valence electrons. The van der Waals surface area contributed by atoms with Crippen molar-refractivity contribution in [3.05, 3.63) is 47.5 Å². The van der Waals surface area contributed by atoms with Crippen LogP contribution in [0.1, 0.15) is 167 Å². The van der Waals surface area contributed by atoms with Gasteiger partial charge in [0.2, 0.25) is 0 Å². The van der Waals surface area contributed by atoms with Crippen molar-refractivity contribution in [2.45, 2.75) is 162 Å². The molecule has 1 atom stereocenters. The lowest BCUT2D eigenvalue weighted by atomic mass is 10.1. The van der Waals surface area contributed by atoms with E-state index in [1.165, 1.54) is 116 Å². The average molecular weight is 679 g/mol. The fourth-order valence-corrected chi connectivity index (χ4v) is 5.87. The van der Waals surface area contributed by atoms with Crippen molar-refractivity contribution in [3.63, 3.8) is 0 Å². The summed E-state index contributed by atoms with van der Waals surface area (Å²) in [7, 11) is 0. The predicted octanol–water partition coefficient (Wildman–Crippen LogP) is 12.3. The van der Waals surface area contributed by atoms with Crippen molar-refractivity contribution in [2.75, 3.05) is 19.8 Å². The summed E-state index contributed by atoms with van der Waals surface area (Å²) in [6, 6.07) is 10.8. The maximum absolute atomic E-state index is 10.6. The standard InChI is InChI=1S/C43H70N2O4/c1-5-7-9-11-13-15-17-19-21-23-29-48-39-27-25-37(42(46)31-39)33-44-35-41(36(3)4)45-34-38-26-28-40(32-43(38)47)49-30-24-22-20-18-16-14-12-10-8-6-2/h25-28,31-34,36,41,46-47H,5-24,29-30,35H2,1-4H3/t41-/m1/s1. The van der Waals surface area contributed by atoms with Crippen LogP contribution in [0.4, 0.5) is 0 Å². The minimum absolute atomic E-state index is 0.0614. The van der Waals surface area contributed by atoms with Crippen LogP contribution in [-0.4, -0.2) is 48.4 Å². The molecule has 2 aromatic carbocycles. The van der Waals surface area contributed by atoms with E-state index in [9.17, 15) is 10.2 Å². The summed E-state index contributed by atoms with van der Waals surface area (Å²) < 4.78 is 11.8. The van der Waals surface area contributed by atoms with Gasteiger partial charge >= 0.3 is 0 Å². The number of benzene rings is 2. The van der Waals surface area contributed by atoms with E-state index < -0.39 is 0 Å². The van der Waals surface area contributed by atoms with Crippen molar-refractivity contribution < 1.29 is 19.7 Å². The highest BCUT2D eigenvalue weighted by molar-refractivity contribution is 5.84. The van der Waals surface area contributed by atoms with Gasteiger partial charge in [0.25, 0.3) is 0 Å². The molecule has 2 rings (SSSR count). The van der Waals surface area contributed by atoms with Gasteiger partial charge in [-0.25, -0.2) is 0 Å². The molecule has 0 unspecified atom stereocenters. The van der Waals surface area contributed by atoms with E-state index in [2.05, 4.69) is 32.7 Å². The van der Waals surface area contributed by atoms with Crippen LogP contribution in [-0.2, 0) is 0 Å². The summed E-state index contributed by atoms with van der Waals surface area (Å²) in [4.78, 5) is 9.33. The Morgan fingerprint density at radius 3 is 1.33 bits per heavy atom. The lowest BCUT2D eigenvalue weighted by Crippen LogP contribution is -2.17. The number of ether oxygens (including phenoxy) is 2. The number of aromatic hydroxyl groups is 2. The molecule has 0 fully saturated rings. The van der Waals surface area contributed by atoms with Crippen LogP contribution in [0, 0.1) is 5.92 Å². The first-order chi connectivity index (χ1) is 23.9. The fourth-order valence-electron chi connectivity index (χ4n) is 5.87. The minimum atomic E-state index is -0.0614. The van der Waals surface area contributed by atoms with E-state index >= 15 is 0 Å². The molecule has 0 aliphatic rings. The van der Waals surface area contributed by atoms with Gasteiger partial charge in [-0.3, -0.25) is 9.98 Å². The zero-order valence-corrected chi connectivity index (χ0v) is 31.6. The molecule has 0 heterocycles. The number of aliphatic imine (C=N–C) groups is 2. The Morgan fingerprint density at radius 1 is 0.551 bits per heavy atom. The van der Waals surface area contributed by atoms with Crippen molar-refractivity contribution in [2.24, 2.45) is 15.9 Å². The molecule has 0 spiro atoms. The molecule has 0 bridgehead atoms. The normalized spacial score (nSPS) is 12.4. The summed E-state index contributed by atoms with van der Waals surface area (Å²) in [5.41, 5.74) is 1.32. The summed E-state index contributed by atoms with van der Waals surface area (Å²) in [5, 5.41) is 21.2. The molecule has 6 heteroatoms. The number of unbranched alkanes of at least 4 members (excludes halogenated alkanes) is 18. The first kappa shape index (κ1) is 42.1. The number of phenols is 2.